The molecule has 0 bridgehead atoms. The van der Waals surface area contributed by atoms with Gasteiger partial charge in [0.1, 0.15) is 0 Å². The number of hydrogen-bond donors (Lipinski definition) is 0. The quantitative estimate of drug-likeness (QED) is 0.478. The van der Waals surface area contributed by atoms with Crippen LogP contribution in [0, 0.1) is 37.8 Å². The summed E-state index contributed by atoms with van der Waals surface area (Å²) in [7, 11) is 0. The second kappa shape index (κ2) is 17.8. The average Bonchev–Trinajstić information content (AvgIpc) is 2.86. The minimum Gasteiger partial charge on any atom is -1.00 e. The Morgan fingerprint density at radius 2 is 0.923 bits per heavy atom. The summed E-state index contributed by atoms with van der Waals surface area (Å²) >= 11 is 0. The summed E-state index contributed by atoms with van der Waals surface area (Å²) in [6, 6.07) is 0. The molecule has 0 fully saturated rings. The third-order valence-corrected chi connectivity index (χ3v) is 4.47. The van der Waals surface area contributed by atoms with E-state index in [4.69, 9.17) is 0 Å². The third kappa shape index (κ3) is 11.9. The van der Waals surface area contributed by atoms with Crippen molar-refractivity contribution in [2.45, 2.75) is 55.4 Å². The Bertz CT molecular complexity index is 495. The largest absolute Gasteiger partial charge is 4.00 e. The van der Waals surface area contributed by atoms with Gasteiger partial charge in [-0.15, -0.1) is 13.8 Å². The standard InChI is InChI=1S/2C9H13.2C3H5.ClH.Zr/c2*1-6-5-7(2)9(4)8(6)3;2*1-3-2;;/h2*6H,1-4H3;2*3H,1-2H2;1H;/q4*-1;;+4/p-1. The van der Waals surface area contributed by atoms with Gasteiger partial charge in [0.15, 0.2) is 0 Å². The predicted molar refractivity (Wildman–Crippen MR) is 111 cm³/mol. The molecule has 144 valence electrons. The zero-order valence-electron chi connectivity index (χ0n) is 18.0. The van der Waals surface area contributed by atoms with Gasteiger partial charge in [-0.3, -0.25) is 12.2 Å². The number of hydrogen-bond acceptors (Lipinski definition) is 0. The van der Waals surface area contributed by atoms with Crippen LogP contribution in [0.1, 0.15) is 55.4 Å². The van der Waals surface area contributed by atoms with Gasteiger partial charge in [-0.2, -0.15) is 22.3 Å². The molecule has 0 aromatic heterocycles. The molecule has 2 rings (SSSR count). The summed E-state index contributed by atoms with van der Waals surface area (Å²) < 4.78 is 0. The zero-order chi connectivity index (χ0) is 19.4. The normalized spacial score (nSPS) is 19.7. The van der Waals surface area contributed by atoms with E-state index >= 15 is 0 Å². The van der Waals surface area contributed by atoms with E-state index in [0.29, 0.717) is 11.8 Å². The molecule has 26 heavy (non-hydrogen) atoms. The number of halogens is 1. The van der Waals surface area contributed by atoms with Gasteiger partial charge in [-0.05, 0) is 0 Å². The summed E-state index contributed by atoms with van der Waals surface area (Å²) in [6.07, 6.45) is 9.72. The van der Waals surface area contributed by atoms with Crippen molar-refractivity contribution in [1.29, 1.82) is 0 Å². The Morgan fingerprint density at radius 3 is 0.962 bits per heavy atom. The Kier molecular flexibility index (Phi) is 22.5. The van der Waals surface area contributed by atoms with E-state index in [0.717, 1.165) is 0 Å². The van der Waals surface area contributed by atoms with Gasteiger partial charge in [-0.25, -0.2) is 50.3 Å². The fraction of sp³-hybridized carbons (Fsp3) is 0.417. The monoisotopic (exact) mass is 449 g/mol. The van der Waals surface area contributed by atoms with Gasteiger partial charge >= 0.3 is 26.2 Å². The van der Waals surface area contributed by atoms with E-state index in [1.165, 1.54) is 45.6 Å². The average molecular weight is 451 g/mol. The maximum absolute atomic E-state index is 3.36. The van der Waals surface area contributed by atoms with E-state index < -0.39 is 0 Å². The molecule has 2 aliphatic rings. The van der Waals surface area contributed by atoms with Gasteiger partial charge in [0.25, 0.3) is 0 Å². The fourth-order valence-electron chi connectivity index (χ4n) is 2.32. The summed E-state index contributed by atoms with van der Waals surface area (Å²) in [4.78, 5) is 0. The van der Waals surface area contributed by atoms with Crippen molar-refractivity contribution >= 4 is 0 Å². The molecule has 2 atom stereocenters. The first-order valence-electron chi connectivity index (χ1n) is 8.44. The maximum Gasteiger partial charge on any atom is 4.00 e. The molecule has 0 aliphatic heterocycles. The van der Waals surface area contributed by atoms with Crippen LogP contribution in [0.3, 0.4) is 0 Å². The van der Waals surface area contributed by atoms with Crippen LogP contribution in [0.5, 0.6) is 0 Å². The van der Waals surface area contributed by atoms with E-state index in [2.05, 4.69) is 94.5 Å². The molecule has 2 heteroatoms. The molecule has 0 radical (unpaired) electrons. The van der Waals surface area contributed by atoms with Crippen LogP contribution in [0.2, 0.25) is 0 Å². The molecule has 0 saturated carbocycles. The van der Waals surface area contributed by atoms with Crippen molar-refractivity contribution in [1.82, 2.24) is 0 Å². The molecule has 2 aliphatic carbocycles. The second-order valence-electron chi connectivity index (χ2n) is 6.18. The van der Waals surface area contributed by atoms with Gasteiger partial charge in [0.2, 0.25) is 0 Å². The van der Waals surface area contributed by atoms with Gasteiger partial charge in [0.05, 0.1) is 0 Å². The van der Waals surface area contributed by atoms with Crippen LogP contribution in [0.4, 0.5) is 0 Å². The molecule has 0 N–H and O–H groups in total. The second-order valence-corrected chi connectivity index (χ2v) is 6.18. The third-order valence-electron chi connectivity index (χ3n) is 4.47. The summed E-state index contributed by atoms with van der Waals surface area (Å²) in [6.45, 7) is 30.3. The van der Waals surface area contributed by atoms with E-state index in [-0.39, 0.29) is 38.6 Å². The first-order valence-corrected chi connectivity index (χ1v) is 8.44. The van der Waals surface area contributed by atoms with E-state index in [9.17, 15) is 0 Å². The predicted octanol–water partition coefficient (Wildman–Crippen LogP) is 4.46. The molecule has 0 heterocycles. The fourth-order valence-corrected chi connectivity index (χ4v) is 2.32. The van der Waals surface area contributed by atoms with Gasteiger partial charge in [-0.1, -0.05) is 53.4 Å². The molecule has 0 amide bonds. The van der Waals surface area contributed by atoms with Crippen LogP contribution in [0.15, 0.2) is 58.7 Å². The first kappa shape index (κ1) is 33.0. The number of rotatable bonds is 0. The van der Waals surface area contributed by atoms with Crippen molar-refractivity contribution in [3.05, 3.63) is 84.7 Å². The number of allylic oxidation sites excluding steroid dienone is 10. The Hall–Kier alpha value is -0.647. The van der Waals surface area contributed by atoms with Gasteiger partial charge in [0, 0.05) is 0 Å². The van der Waals surface area contributed by atoms with Crippen LogP contribution in [-0.2, 0) is 26.2 Å². The topological polar surface area (TPSA) is 0 Å². The van der Waals surface area contributed by atoms with Crippen LogP contribution < -0.4 is 12.4 Å². The van der Waals surface area contributed by atoms with Gasteiger partial charge < -0.3 is 12.4 Å². The molecule has 2 unspecified atom stereocenters. The van der Waals surface area contributed by atoms with E-state index in [1.807, 2.05) is 0 Å². The SMILES string of the molecule is C=C[CH2-].C=C[CH2-].CC1=[C-]C(C)C(C)=C1C.CC1=[C-]C(C)C(C)=C1C.[Cl-].[Zr+4]. The Morgan fingerprint density at radius 1 is 0.731 bits per heavy atom. The minimum absolute atomic E-state index is 0. The Balaban J connectivity index is -0.000000136. The molecular formula is C24H36ClZr-. The van der Waals surface area contributed by atoms with Crippen LogP contribution in [-0.4, -0.2) is 0 Å². The van der Waals surface area contributed by atoms with Crippen molar-refractivity contribution < 1.29 is 38.6 Å². The molecule has 0 spiro atoms. The van der Waals surface area contributed by atoms with Crippen molar-refractivity contribution in [2.24, 2.45) is 11.8 Å². The van der Waals surface area contributed by atoms with Crippen molar-refractivity contribution in [3.8, 4) is 0 Å². The van der Waals surface area contributed by atoms with Crippen LogP contribution >= 0.6 is 0 Å². The first-order chi connectivity index (χ1) is 11.1. The molecule has 0 aromatic rings. The molecule has 0 aromatic carbocycles. The van der Waals surface area contributed by atoms with E-state index in [1.54, 1.807) is 0 Å². The maximum atomic E-state index is 3.36. The zero-order valence-corrected chi connectivity index (χ0v) is 21.2. The minimum atomic E-state index is 0. The Labute approximate surface area is 189 Å². The summed E-state index contributed by atoms with van der Waals surface area (Å²) in [5.74, 6) is 1.12. The summed E-state index contributed by atoms with van der Waals surface area (Å²) in [5, 5.41) is 0. The smallest absolute Gasteiger partial charge is 1.00 e. The van der Waals surface area contributed by atoms with Crippen molar-refractivity contribution in [2.75, 3.05) is 0 Å². The van der Waals surface area contributed by atoms with Crippen LogP contribution in [0.25, 0.3) is 0 Å². The molecule has 0 nitrogen and oxygen atoms in total. The summed E-state index contributed by atoms with van der Waals surface area (Å²) in [5.41, 5.74) is 8.49. The molecule has 0 saturated heterocycles. The molecular weight excluding hydrogens is 415 g/mol. The van der Waals surface area contributed by atoms with Crippen molar-refractivity contribution in [3.63, 3.8) is 0 Å².